The maximum atomic E-state index is 16.0. The van der Waals surface area contributed by atoms with E-state index in [1.807, 2.05) is 24.3 Å². The van der Waals surface area contributed by atoms with Gasteiger partial charge in [0.15, 0.2) is 0 Å². The highest BCUT2D eigenvalue weighted by atomic mass is 19.4. The number of aliphatic carboxylic acids is 1. The summed E-state index contributed by atoms with van der Waals surface area (Å²) in [6.07, 6.45) is 0.0448. The van der Waals surface area contributed by atoms with Crippen LogP contribution in [0, 0.1) is 12.7 Å². The quantitative estimate of drug-likeness (QED) is 0.151. The van der Waals surface area contributed by atoms with Gasteiger partial charge in [0, 0.05) is 29.8 Å². The van der Waals surface area contributed by atoms with Crippen molar-refractivity contribution in [3.8, 4) is 0 Å². The van der Waals surface area contributed by atoms with Crippen LogP contribution in [-0.4, -0.2) is 46.6 Å². The number of nitrogens with zero attached hydrogens (tertiary/aromatic N) is 2. The van der Waals surface area contributed by atoms with E-state index in [0.717, 1.165) is 38.5 Å². The number of aromatic nitrogens is 2. The molecule has 0 saturated carbocycles. The fourth-order valence-corrected chi connectivity index (χ4v) is 5.71. The van der Waals surface area contributed by atoms with Gasteiger partial charge in [0.1, 0.15) is 17.7 Å². The molecule has 8 nitrogen and oxygen atoms in total. The molecule has 0 saturated heterocycles. The minimum absolute atomic E-state index is 0.0458. The van der Waals surface area contributed by atoms with Crippen molar-refractivity contribution in [3.05, 3.63) is 133 Å². The fourth-order valence-electron chi connectivity index (χ4n) is 5.71. The van der Waals surface area contributed by atoms with Crippen molar-refractivity contribution in [2.24, 2.45) is 0 Å². The Hall–Kier alpha value is -4.78. The molecule has 0 amide bonds. The van der Waals surface area contributed by atoms with Gasteiger partial charge in [-0.1, -0.05) is 42.5 Å². The number of aryl methyl sites for hydroxylation is 1. The molecule has 1 heterocycles. The lowest BCUT2D eigenvalue weighted by Gasteiger charge is -2.21. The molecule has 13 heteroatoms. The number of hydrogen-bond acceptors (Lipinski definition) is 5. The number of likely N-dealkylation sites (N-methyl/N-ethyl adjacent to an activating group) is 1. The van der Waals surface area contributed by atoms with Crippen LogP contribution in [0.15, 0.2) is 82.1 Å². The Morgan fingerprint density at radius 2 is 1.73 bits per heavy atom. The van der Waals surface area contributed by atoms with Crippen LogP contribution in [0.5, 0.6) is 0 Å². The molecule has 0 spiro atoms. The molecule has 3 aromatic rings. The monoisotopic (exact) mass is 687 g/mol. The topological polar surface area (TPSA) is 103 Å². The van der Waals surface area contributed by atoms with Crippen LogP contribution in [0.3, 0.4) is 0 Å². The molecule has 1 aromatic heterocycles. The molecule has 0 bridgehead atoms. The van der Waals surface area contributed by atoms with Crippen LogP contribution >= 0.6 is 0 Å². The Balaban J connectivity index is 1.80. The minimum Gasteiger partial charge on any atom is -0.494 e. The highest BCUT2D eigenvalue weighted by Crippen LogP contribution is 2.34. The number of ether oxygens (including phenoxy) is 1. The smallest absolute Gasteiger partial charge is 0.416 e. The molecule has 1 unspecified atom stereocenters. The van der Waals surface area contributed by atoms with Crippen LogP contribution < -0.4 is 16.6 Å². The second-order valence-corrected chi connectivity index (χ2v) is 11.6. The predicted octanol–water partition coefficient (Wildman–Crippen LogP) is 5.98. The average Bonchev–Trinajstić information content (AvgIpc) is 3.22. The zero-order valence-electron chi connectivity index (χ0n) is 27.2. The summed E-state index contributed by atoms with van der Waals surface area (Å²) in [5, 5.41) is 11.9. The summed E-state index contributed by atoms with van der Waals surface area (Å²) in [6.45, 7) is 1.06. The van der Waals surface area contributed by atoms with Gasteiger partial charge in [0.2, 0.25) is 0 Å². The Morgan fingerprint density at radius 3 is 2.41 bits per heavy atom. The number of halogens is 5. The first-order valence-corrected chi connectivity index (χ1v) is 15.8. The number of alkyl halides is 4. The Bertz CT molecular complexity index is 1870. The van der Waals surface area contributed by atoms with Gasteiger partial charge in [0.25, 0.3) is 5.56 Å². The van der Waals surface area contributed by atoms with Gasteiger partial charge in [-0.15, -0.1) is 0 Å². The second kappa shape index (κ2) is 16.6. The van der Waals surface area contributed by atoms with E-state index in [0.29, 0.717) is 31.9 Å². The summed E-state index contributed by atoms with van der Waals surface area (Å²) in [7, 11) is 1.81. The summed E-state index contributed by atoms with van der Waals surface area (Å²) < 4.78 is 80.2. The Morgan fingerprint density at radius 1 is 1.02 bits per heavy atom. The van der Waals surface area contributed by atoms with Gasteiger partial charge in [-0.25, -0.2) is 13.6 Å². The third-order valence-electron chi connectivity index (χ3n) is 8.28. The number of carboxylic acids is 1. The van der Waals surface area contributed by atoms with Crippen molar-refractivity contribution >= 4 is 11.5 Å². The summed E-state index contributed by atoms with van der Waals surface area (Å²) >= 11 is 0. The molecule has 4 rings (SSSR count). The lowest BCUT2D eigenvalue weighted by Crippen LogP contribution is -2.44. The highest BCUT2D eigenvalue weighted by molar-refractivity contribution is 5.73. The van der Waals surface area contributed by atoms with Gasteiger partial charge >= 0.3 is 17.8 Å². The Kier molecular flexibility index (Phi) is 12.5. The molecule has 0 fully saturated rings. The lowest BCUT2D eigenvalue weighted by molar-refractivity contribution is -0.139. The van der Waals surface area contributed by atoms with E-state index in [9.17, 15) is 27.6 Å². The number of rotatable bonds is 15. The number of allylic oxidation sites excluding steroid dienone is 5. The van der Waals surface area contributed by atoms with Crippen LogP contribution in [-0.2, 0) is 41.6 Å². The van der Waals surface area contributed by atoms with Crippen molar-refractivity contribution in [1.82, 2.24) is 14.5 Å². The van der Waals surface area contributed by atoms with E-state index in [4.69, 9.17) is 9.84 Å². The zero-order chi connectivity index (χ0) is 35.7. The van der Waals surface area contributed by atoms with Gasteiger partial charge in [0.05, 0.1) is 24.3 Å². The minimum atomic E-state index is -4.93. The van der Waals surface area contributed by atoms with E-state index in [1.54, 1.807) is 7.05 Å². The molecule has 49 heavy (non-hydrogen) atoms. The normalized spacial score (nSPS) is 14.7. The first-order chi connectivity index (χ1) is 23.3. The highest BCUT2D eigenvalue weighted by Gasteiger charge is 2.35. The molecule has 1 aliphatic rings. The summed E-state index contributed by atoms with van der Waals surface area (Å²) in [4.78, 5) is 38.8. The SMILES string of the molecule is CNCCc1ccccc1CCn1c(=O)c(C2=CC=CC(OCCCCC(=O)O)=CC2F)c(C)n(Cc2c(F)cccc2C(F)(F)F)c1=O. The van der Waals surface area contributed by atoms with E-state index >= 15 is 8.78 Å². The number of carbonyl (C=O) groups is 1. The first-order valence-electron chi connectivity index (χ1n) is 15.8. The zero-order valence-corrected chi connectivity index (χ0v) is 27.2. The maximum Gasteiger partial charge on any atom is 0.416 e. The third kappa shape index (κ3) is 9.23. The van der Waals surface area contributed by atoms with Gasteiger partial charge in [-0.2, -0.15) is 13.2 Å². The van der Waals surface area contributed by atoms with E-state index < -0.39 is 53.1 Å². The Labute approximate surface area is 279 Å². The first kappa shape index (κ1) is 37.0. The maximum absolute atomic E-state index is 16.0. The summed E-state index contributed by atoms with van der Waals surface area (Å²) in [5.74, 6) is -2.01. The van der Waals surface area contributed by atoms with Crippen LogP contribution in [0.1, 0.15) is 52.8 Å². The van der Waals surface area contributed by atoms with Crippen LogP contribution in [0.2, 0.25) is 0 Å². The molecule has 2 aromatic carbocycles. The fraction of sp³-hybridized carbons (Fsp3) is 0.361. The van der Waals surface area contributed by atoms with E-state index in [1.165, 1.54) is 25.2 Å². The van der Waals surface area contributed by atoms with Crippen molar-refractivity contribution in [2.75, 3.05) is 20.2 Å². The van der Waals surface area contributed by atoms with E-state index in [2.05, 4.69) is 5.32 Å². The summed E-state index contributed by atoms with van der Waals surface area (Å²) in [6, 6.07) is 9.92. The number of unbranched alkanes of at least 4 members (excludes halogenated alkanes) is 1. The van der Waals surface area contributed by atoms with Crippen molar-refractivity contribution in [1.29, 1.82) is 0 Å². The largest absolute Gasteiger partial charge is 0.494 e. The molecular formula is C36H38F5N3O5. The van der Waals surface area contributed by atoms with E-state index in [-0.39, 0.29) is 48.6 Å². The molecule has 0 radical (unpaired) electrons. The molecule has 1 aliphatic carbocycles. The molecular weight excluding hydrogens is 649 g/mol. The molecule has 0 aliphatic heterocycles. The van der Waals surface area contributed by atoms with Crippen molar-refractivity contribution < 1.29 is 36.6 Å². The van der Waals surface area contributed by atoms with Crippen LogP contribution in [0.25, 0.3) is 5.57 Å². The number of carboxylic acid groups (broad SMARTS) is 1. The molecule has 2 N–H and O–H groups in total. The van der Waals surface area contributed by atoms with Gasteiger partial charge < -0.3 is 15.2 Å². The summed E-state index contributed by atoms with van der Waals surface area (Å²) in [5.41, 5.74) is -2.59. The average molecular weight is 688 g/mol. The standard InChI is InChI=1S/C36H38F5N3O5/c1-23-33(27-12-7-11-26(21-31(27)38)49-20-6-5-15-32(45)46)34(47)43(19-17-25-10-4-3-9-24(25)16-18-42-2)35(48)44(23)22-28-29(36(39,40)41)13-8-14-30(28)37/h3-4,7-14,21,31,42H,5-6,15-20,22H2,1-2H3,(H,45,46). The number of nitrogens with one attached hydrogen (secondary N) is 1. The lowest BCUT2D eigenvalue weighted by atomic mass is 9.99. The van der Waals surface area contributed by atoms with Crippen LogP contribution in [0.4, 0.5) is 22.0 Å². The number of benzene rings is 2. The van der Waals surface area contributed by atoms with Crippen molar-refractivity contribution in [2.45, 2.75) is 64.5 Å². The molecule has 262 valence electrons. The predicted molar refractivity (Wildman–Crippen MR) is 176 cm³/mol. The number of hydrogen-bond donors (Lipinski definition) is 2. The van der Waals surface area contributed by atoms with Gasteiger partial charge in [-0.05, 0) is 81.6 Å². The second-order valence-electron chi connectivity index (χ2n) is 11.6. The molecule has 1 atom stereocenters. The third-order valence-corrected chi connectivity index (χ3v) is 8.28. The van der Waals surface area contributed by atoms with Crippen molar-refractivity contribution in [3.63, 3.8) is 0 Å². The van der Waals surface area contributed by atoms with Gasteiger partial charge in [-0.3, -0.25) is 18.7 Å².